The van der Waals surface area contributed by atoms with E-state index in [0.29, 0.717) is 0 Å². The number of amides is 1. The van der Waals surface area contributed by atoms with E-state index in [1.807, 2.05) is 12.1 Å². The lowest BCUT2D eigenvalue weighted by Gasteiger charge is -2.39. The molecule has 0 bridgehead atoms. The standard InChI is InChI=1S/C22H21ClINO/c1-13-10-18-19(12-25-22(18)26)21(16-4-2-14(11-24)3-5-16)20(13)15-6-8-17(23)9-7-15/h2-10,18-21H,11-12H2,1H3,(H,25,26)/t18-,19-,20+,21-/m1/s1. The largest absolute Gasteiger partial charge is 0.355 e. The second-order valence-electron chi connectivity index (χ2n) is 7.28. The van der Waals surface area contributed by atoms with E-state index in [0.717, 1.165) is 16.0 Å². The second kappa shape index (κ2) is 7.35. The monoisotopic (exact) mass is 477 g/mol. The number of benzene rings is 2. The van der Waals surface area contributed by atoms with Gasteiger partial charge >= 0.3 is 0 Å². The highest BCUT2D eigenvalue weighted by molar-refractivity contribution is 14.1. The molecule has 2 aromatic carbocycles. The molecule has 1 aliphatic carbocycles. The average molecular weight is 478 g/mol. The molecule has 4 heteroatoms. The molecule has 1 amide bonds. The van der Waals surface area contributed by atoms with Gasteiger partial charge in [-0.2, -0.15) is 0 Å². The fraction of sp³-hybridized carbons (Fsp3) is 0.318. The van der Waals surface area contributed by atoms with Gasteiger partial charge in [0.1, 0.15) is 0 Å². The number of hydrogen-bond donors (Lipinski definition) is 1. The van der Waals surface area contributed by atoms with Gasteiger partial charge in [0, 0.05) is 27.8 Å². The molecule has 1 saturated heterocycles. The second-order valence-corrected chi connectivity index (χ2v) is 8.47. The van der Waals surface area contributed by atoms with Crippen molar-refractivity contribution in [2.75, 3.05) is 6.54 Å². The van der Waals surface area contributed by atoms with Crippen LogP contribution in [0, 0.1) is 11.8 Å². The fourth-order valence-electron chi connectivity index (χ4n) is 4.53. The van der Waals surface area contributed by atoms with Crippen LogP contribution in [0.3, 0.4) is 0 Å². The van der Waals surface area contributed by atoms with Gasteiger partial charge < -0.3 is 5.32 Å². The lowest BCUT2D eigenvalue weighted by Crippen LogP contribution is -2.31. The van der Waals surface area contributed by atoms with E-state index in [1.165, 1.54) is 22.3 Å². The lowest BCUT2D eigenvalue weighted by atomic mass is 9.64. The van der Waals surface area contributed by atoms with Gasteiger partial charge in [0.2, 0.25) is 5.91 Å². The number of allylic oxidation sites excluding steroid dienone is 1. The number of nitrogens with one attached hydrogen (secondary N) is 1. The summed E-state index contributed by atoms with van der Waals surface area (Å²) in [6, 6.07) is 17.1. The zero-order chi connectivity index (χ0) is 18.3. The number of carbonyl (C=O) groups excluding carboxylic acids is 1. The number of alkyl halides is 1. The molecule has 2 nitrogen and oxygen atoms in total. The SMILES string of the molecule is CC1=C[C@H]2C(=O)NC[C@H]2[C@@H](c2ccc(CI)cc2)[C@@H]1c1ccc(Cl)cc1. The van der Waals surface area contributed by atoms with Crippen LogP contribution < -0.4 is 5.32 Å². The molecule has 0 aromatic heterocycles. The summed E-state index contributed by atoms with van der Waals surface area (Å²) in [7, 11) is 0. The van der Waals surface area contributed by atoms with Crippen LogP contribution in [0.2, 0.25) is 5.02 Å². The Kier molecular flexibility index (Phi) is 5.11. The van der Waals surface area contributed by atoms with Crippen molar-refractivity contribution in [3.63, 3.8) is 0 Å². The van der Waals surface area contributed by atoms with E-state index < -0.39 is 0 Å². The minimum Gasteiger partial charge on any atom is -0.355 e. The predicted octanol–water partition coefficient (Wildman–Crippen LogP) is 5.46. The van der Waals surface area contributed by atoms with Crippen LogP contribution in [0.25, 0.3) is 0 Å². The number of fused-ring (bicyclic) bond motifs is 1. The molecule has 0 spiro atoms. The molecule has 1 fully saturated rings. The van der Waals surface area contributed by atoms with Gasteiger partial charge in [-0.15, -0.1) is 0 Å². The Labute approximate surface area is 173 Å². The highest BCUT2D eigenvalue weighted by atomic mass is 127. The maximum Gasteiger partial charge on any atom is 0.227 e. The van der Waals surface area contributed by atoms with Crippen LogP contribution in [0.5, 0.6) is 0 Å². The first kappa shape index (κ1) is 18.1. The Morgan fingerprint density at radius 3 is 2.38 bits per heavy atom. The van der Waals surface area contributed by atoms with Gasteiger partial charge in [0.15, 0.2) is 0 Å². The summed E-state index contributed by atoms with van der Waals surface area (Å²) < 4.78 is 1.01. The summed E-state index contributed by atoms with van der Waals surface area (Å²) in [6.07, 6.45) is 2.18. The average Bonchev–Trinajstić information content (AvgIpc) is 3.02. The highest BCUT2D eigenvalue weighted by Crippen LogP contribution is 2.51. The first-order valence-electron chi connectivity index (χ1n) is 8.95. The zero-order valence-electron chi connectivity index (χ0n) is 14.6. The molecule has 0 saturated carbocycles. The Hall–Kier alpha value is -1.33. The summed E-state index contributed by atoms with van der Waals surface area (Å²) in [6.45, 7) is 2.91. The fourth-order valence-corrected chi connectivity index (χ4v) is 5.17. The van der Waals surface area contributed by atoms with E-state index in [4.69, 9.17) is 11.6 Å². The highest BCUT2D eigenvalue weighted by Gasteiger charge is 2.46. The summed E-state index contributed by atoms with van der Waals surface area (Å²) in [5, 5.41) is 3.83. The molecule has 0 unspecified atom stereocenters. The van der Waals surface area contributed by atoms with E-state index in [2.05, 4.69) is 77.3 Å². The van der Waals surface area contributed by atoms with Crippen molar-refractivity contribution in [1.82, 2.24) is 5.32 Å². The molecule has 26 heavy (non-hydrogen) atoms. The van der Waals surface area contributed by atoms with Crippen molar-refractivity contribution in [3.8, 4) is 0 Å². The van der Waals surface area contributed by atoms with Crippen LogP contribution in [-0.2, 0) is 9.22 Å². The third kappa shape index (κ3) is 3.20. The molecule has 0 radical (unpaired) electrons. The molecule has 2 aliphatic rings. The third-order valence-corrected chi connectivity index (χ3v) is 6.91. The zero-order valence-corrected chi connectivity index (χ0v) is 17.5. The van der Waals surface area contributed by atoms with Crippen LogP contribution >= 0.6 is 34.2 Å². The normalized spacial score (nSPS) is 27.7. The number of halogens is 2. The Bertz CT molecular complexity index is 843. The molecular weight excluding hydrogens is 457 g/mol. The van der Waals surface area contributed by atoms with Gasteiger partial charge in [-0.1, -0.05) is 82.2 Å². The molecule has 4 rings (SSSR count). The molecule has 1 heterocycles. The number of carbonyl (C=O) groups is 1. The van der Waals surface area contributed by atoms with Crippen LogP contribution in [-0.4, -0.2) is 12.5 Å². The van der Waals surface area contributed by atoms with Crippen molar-refractivity contribution in [2.24, 2.45) is 11.8 Å². The smallest absolute Gasteiger partial charge is 0.227 e. The van der Waals surface area contributed by atoms with E-state index in [1.54, 1.807) is 0 Å². The first-order valence-corrected chi connectivity index (χ1v) is 10.8. The van der Waals surface area contributed by atoms with Gasteiger partial charge in [-0.3, -0.25) is 4.79 Å². The van der Waals surface area contributed by atoms with E-state index in [9.17, 15) is 4.79 Å². The predicted molar refractivity (Wildman–Crippen MR) is 115 cm³/mol. The van der Waals surface area contributed by atoms with Crippen LogP contribution in [0.15, 0.2) is 60.2 Å². The topological polar surface area (TPSA) is 29.1 Å². The van der Waals surface area contributed by atoms with Crippen molar-refractivity contribution in [3.05, 3.63) is 81.9 Å². The molecule has 1 aliphatic heterocycles. The molecule has 4 atom stereocenters. The van der Waals surface area contributed by atoms with Crippen molar-refractivity contribution in [2.45, 2.75) is 23.2 Å². The van der Waals surface area contributed by atoms with Crippen LogP contribution in [0.1, 0.15) is 35.4 Å². The summed E-state index contributed by atoms with van der Waals surface area (Å²) in [5.41, 5.74) is 5.19. The Morgan fingerprint density at radius 1 is 1.08 bits per heavy atom. The molecule has 1 N–H and O–H groups in total. The van der Waals surface area contributed by atoms with Gasteiger partial charge in [0.05, 0.1) is 5.92 Å². The molecule has 134 valence electrons. The van der Waals surface area contributed by atoms with Crippen molar-refractivity contribution >= 4 is 40.1 Å². The summed E-state index contributed by atoms with van der Waals surface area (Å²) >= 11 is 8.50. The van der Waals surface area contributed by atoms with Gasteiger partial charge in [-0.25, -0.2) is 0 Å². The maximum absolute atomic E-state index is 12.3. The van der Waals surface area contributed by atoms with Gasteiger partial charge in [-0.05, 0) is 41.7 Å². The quantitative estimate of drug-likeness (QED) is 0.355. The van der Waals surface area contributed by atoms with Gasteiger partial charge in [0.25, 0.3) is 0 Å². The minimum absolute atomic E-state index is 0.0206. The third-order valence-electron chi connectivity index (χ3n) is 5.78. The summed E-state index contributed by atoms with van der Waals surface area (Å²) in [5.74, 6) is 0.989. The Balaban J connectivity index is 1.82. The lowest BCUT2D eigenvalue weighted by molar-refractivity contribution is -0.121. The Morgan fingerprint density at radius 2 is 1.73 bits per heavy atom. The first-order chi connectivity index (χ1) is 12.6. The molecular formula is C22H21ClINO. The van der Waals surface area contributed by atoms with E-state index in [-0.39, 0.29) is 29.6 Å². The number of rotatable bonds is 3. The summed E-state index contributed by atoms with van der Waals surface area (Å²) in [4.78, 5) is 12.3. The van der Waals surface area contributed by atoms with E-state index >= 15 is 0 Å². The molecule has 2 aromatic rings. The number of hydrogen-bond acceptors (Lipinski definition) is 1. The van der Waals surface area contributed by atoms with Crippen molar-refractivity contribution < 1.29 is 4.79 Å². The minimum atomic E-state index is -0.0206. The maximum atomic E-state index is 12.3. The van der Waals surface area contributed by atoms with Crippen LogP contribution in [0.4, 0.5) is 0 Å². The van der Waals surface area contributed by atoms with Crippen molar-refractivity contribution in [1.29, 1.82) is 0 Å².